The summed E-state index contributed by atoms with van der Waals surface area (Å²) >= 11 is 6.01. The van der Waals surface area contributed by atoms with Gasteiger partial charge in [0.2, 0.25) is 5.88 Å². The minimum atomic E-state index is 0.547. The Morgan fingerprint density at radius 2 is 1.91 bits per heavy atom. The lowest BCUT2D eigenvalue weighted by Crippen LogP contribution is -1.97. The summed E-state index contributed by atoms with van der Waals surface area (Å²) in [6, 6.07) is 17.1. The number of para-hydroxylation sites is 1. The Kier molecular flexibility index (Phi) is 2.98. The van der Waals surface area contributed by atoms with E-state index in [0.29, 0.717) is 16.7 Å². The van der Waals surface area contributed by atoms with E-state index in [1.807, 2.05) is 60.0 Å². The van der Waals surface area contributed by atoms with Gasteiger partial charge in [-0.15, -0.1) is 0 Å². The molecule has 0 radical (unpaired) electrons. The molecule has 22 heavy (non-hydrogen) atoms. The Labute approximate surface area is 131 Å². The van der Waals surface area contributed by atoms with Gasteiger partial charge in [0.15, 0.2) is 5.65 Å². The molecule has 4 rings (SSSR count). The van der Waals surface area contributed by atoms with Gasteiger partial charge in [-0.1, -0.05) is 29.8 Å². The van der Waals surface area contributed by atoms with Gasteiger partial charge in [0.05, 0.1) is 16.6 Å². The zero-order chi connectivity index (χ0) is 15.1. The smallest absolute Gasteiger partial charge is 0.230 e. The fraction of sp³-hybridized carbons (Fsp3) is 0.0588. The highest BCUT2D eigenvalue weighted by molar-refractivity contribution is 6.30. The monoisotopic (exact) mass is 309 g/mol. The van der Waals surface area contributed by atoms with E-state index in [4.69, 9.17) is 16.3 Å². The van der Waals surface area contributed by atoms with Gasteiger partial charge in [0, 0.05) is 11.1 Å². The number of nitrogens with zero attached hydrogens (tertiary/aromatic N) is 3. The Balaban J connectivity index is 1.95. The number of rotatable bonds is 2. The Morgan fingerprint density at radius 3 is 2.77 bits per heavy atom. The maximum Gasteiger partial charge on any atom is 0.230 e. The maximum absolute atomic E-state index is 6.01. The zero-order valence-corrected chi connectivity index (χ0v) is 12.6. The third-order valence-corrected chi connectivity index (χ3v) is 3.64. The molecule has 0 amide bonds. The second-order valence-electron chi connectivity index (χ2n) is 5.05. The number of hydrogen-bond donors (Lipinski definition) is 0. The van der Waals surface area contributed by atoms with Crippen molar-refractivity contribution >= 4 is 28.2 Å². The summed E-state index contributed by atoms with van der Waals surface area (Å²) in [6.45, 7) is 1.95. The van der Waals surface area contributed by atoms with Crippen molar-refractivity contribution in [2.75, 3.05) is 0 Å². The number of halogens is 1. The third kappa shape index (κ3) is 2.18. The molecule has 0 atom stereocenters. The van der Waals surface area contributed by atoms with Gasteiger partial charge < -0.3 is 4.74 Å². The first-order valence-electron chi connectivity index (χ1n) is 6.89. The van der Waals surface area contributed by atoms with Crippen molar-refractivity contribution in [2.45, 2.75) is 6.92 Å². The minimum absolute atomic E-state index is 0.547. The summed E-state index contributed by atoms with van der Waals surface area (Å²) in [6.07, 6.45) is 0. The van der Waals surface area contributed by atoms with Gasteiger partial charge in [0.25, 0.3) is 0 Å². The molecule has 0 saturated carbocycles. The third-order valence-electron chi connectivity index (χ3n) is 3.40. The van der Waals surface area contributed by atoms with E-state index in [1.54, 1.807) is 6.07 Å². The van der Waals surface area contributed by atoms with Gasteiger partial charge in [0.1, 0.15) is 5.75 Å². The van der Waals surface area contributed by atoms with Crippen LogP contribution in [-0.4, -0.2) is 14.6 Å². The van der Waals surface area contributed by atoms with Crippen LogP contribution in [0.5, 0.6) is 11.6 Å². The van der Waals surface area contributed by atoms with Crippen molar-refractivity contribution in [3.05, 3.63) is 65.3 Å². The Hall–Kier alpha value is -2.59. The van der Waals surface area contributed by atoms with Crippen LogP contribution >= 0.6 is 11.6 Å². The molecule has 0 aliphatic heterocycles. The fourth-order valence-corrected chi connectivity index (χ4v) is 2.65. The molecule has 0 aliphatic rings. The molecule has 0 aliphatic carbocycles. The van der Waals surface area contributed by atoms with E-state index in [2.05, 4.69) is 10.1 Å². The highest BCUT2D eigenvalue weighted by Crippen LogP contribution is 2.30. The van der Waals surface area contributed by atoms with Crippen LogP contribution in [0.1, 0.15) is 5.69 Å². The maximum atomic E-state index is 6.01. The molecule has 5 heteroatoms. The second kappa shape index (κ2) is 5.00. The largest absolute Gasteiger partial charge is 0.438 e. The molecule has 4 aromatic rings. The summed E-state index contributed by atoms with van der Waals surface area (Å²) in [5.41, 5.74) is 2.63. The van der Waals surface area contributed by atoms with Crippen LogP contribution < -0.4 is 4.74 Å². The van der Waals surface area contributed by atoms with Crippen molar-refractivity contribution in [1.29, 1.82) is 0 Å². The van der Waals surface area contributed by atoms with E-state index in [9.17, 15) is 0 Å². The Bertz CT molecular complexity index is 994. The molecular formula is C17H12ClN3O. The molecule has 2 aromatic heterocycles. The first-order valence-corrected chi connectivity index (χ1v) is 7.27. The van der Waals surface area contributed by atoms with Crippen LogP contribution in [0.25, 0.3) is 16.6 Å². The summed E-state index contributed by atoms with van der Waals surface area (Å²) in [5.74, 6) is 1.20. The SMILES string of the molecule is Cc1cc2nc(Oc3cccc(Cl)c3)c3ccccc3n2n1. The standard InChI is InChI=1S/C17H12ClN3O/c1-11-9-16-19-17(22-13-6-4-5-12(18)10-13)14-7-2-3-8-15(14)21(16)20-11/h2-10H,1H3. The van der Waals surface area contributed by atoms with E-state index >= 15 is 0 Å². The van der Waals surface area contributed by atoms with Crippen LogP contribution in [0.3, 0.4) is 0 Å². The molecule has 108 valence electrons. The van der Waals surface area contributed by atoms with E-state index < -0.39 is 0 Å². The number of aryl methyl sites for hydroxylation is 1. The zero-order valence-electron chi connectivity index (χ0n) is 11.8. The van der Waals surface area contributed by atoms with Crippen LogP contribution in [0.4, 0.5) is 0 Å². The van der Waals surface area contributed by atoms with Crippen LogP contribution in [0, 0.1) is 6.92 Å². The summed E-state index contributed by atoms with van der Waals surface area (Å²) in [4.78, 5) is 4.58. The summed E-state index contributed by atoms with van der Waals surface area (Å²) in [7, 11) is 0. The van der Waals surface area contributed by atoms with Gasteiger partial charge in [-0.3, -0.25) is 0 Å². The number of fused-ring (bicyclic) bond motifs is 3. The molecule has 0 bridgehead atoms. The van der Waals surface area contributed by atoms with Crippen LogP contribution in [0.15, 0.2) is 54.6 Å². The van der Waals surface area contributed by atoms with Gasteiger partial charge in [-0.05, 0) is 37.3 Å². The first kappa shape index (κ1) is 13.1. The fourth-order valence-electron chi connectivity index (χ4n) is 2.47. The lowest BCUT2D eigenvalue weighted by atomic mass is 10.2. The summed E-state index contributed by atoms with van der Waals surface area (Å²) in [5, 5.41) is 6.01. The van der Waals surface area contributed by atoms with Crippen molar-refractivity contribution in [1.82, 2.24) is 14.6 Å². The predicted molar refractivity (Wildman–Crippen MR) is 86.8 cm³/mol. The topological polar surface area (TPSA) is 39.4 Å². The predicted octanol–water partition coefficient (Wildman–Crippen LogP) is 4.64. The normalized spacial score (nSPS) is 11.2. The lowest BCUT2D eigenvalue weighted by molar-refractivity contribution is 0.470. The number of hydrogen-bond acceptors (Lipinski definition) is 3. The van der Waals surface area contributed by atoms with Gasteiger partial charge >= 0.3 is 0 Å². The second-order valence-corrected chi connectivity index (χ2v) is 5.49. The molecule has 4 nitrogen and oxygen atoms in total. The van der Waals surface area contributed by atoms with Crippen molar-refractivity contribution in [3.63, 3.8) is 0 Å². The van der Waals surface area contributed by atoms with E-state index in [1.165, 1.54) is 0 Å². The molecule has 0 spiro atoms. The van der Waals surface area contributed by atoms with Crippen molar-refractivity contribution in [3.8, 4) is 11.6 Å². The average Bonchev–Trinajstić information content (AvgIpc) is 2.88. The molecule has 0 saturated heterocycles. The Morgan fingerprint density at radius 1 is 1.05 bits per heavy atom. The quantitative estimate of drug-likeness (QED) is 0.541. The molecule has 0 unspecified atom stereocenters. The van der Waals surface area contributed by atoms with E-state index in [-0.39, 0.29) is 0 Å². The van der Waals surface area contributed by atoms with Gasteiger partial charge in [-0.25, -0.2) is 4.52 Å². The molecule has 2 heterocycles. The minimum Gasteiger partial charge on any atom is -0.438 e. The van der Waals surface area contributed by atoms with Gasteiger partial charge in [-0.2, -0.15) is 10.1 Å². The highest BCUT2D eigenvalue weighted by atomic mass is 35.5. The number of aromatic nitrogens is 3. The van der Waals surface area contributed by atoms with Crippen molar-refractivity contribution in [2.24, 2.45) is 0 Å². The number of ether oxygens (including phenoxy) is 1. The van der Waals surface area contributed by atoms with Crippen LogP contribution in [-0.2, 0) is 0 Å². The highest BCUT2D eigenvalue weighted by Gasteiger charge is 2.11. The molecule has 0 fully saturated rings. The molecule has 2 aromatic carbocycles. The lowest BCUT2D eigenvalue weighted by Gasteiger charge is -2.09. The molecular weight excluding hydrogens is 298 g/mol. The average molecular weight is 310 g/mol. The van der Waals surface area contributed by atoms with Crippen LogP contribution in [0.2, 0.25) is 5.02 Å². The van der Waals surface area contributed by atoms with Crippen molar-refractivity contribution < 1.29 is 4.74 Å². The summed E-state index contributed by atoms with van der Waals surface area (Å²) < 4.78 is 7.78. The number of benzene rings is 2. The first-order chi connectivity index (χ1) is 10.7. The molecule has 0 N–H and O–H groups in total. The van der Waals surface area contributed by atoms with E-state index in [0.717, 1.165) is 22.2 Å².